The number of esters is 1. The second kappa shape index (κ2) is 7.96. The lowest BCUT2D eigenvalue weighted by Gasteiger charge is -2.11. The van der Waals surface area contributed by atoms with Gasteiger partial charge in [-0.05, 0) is 19.1 Å². The van der Waals surface area contributed by atoms with Crippen LogP contribution in [0, 0.1) is 10.1 Å². The van der Waals surface area contributed by atoms with Crippen LogP contribution in [-0.2, 0) is 11.3 Å². The summed E-state index contributed by atoms with van der Waals surface area (Å²) in [7, 11) is 1.38. The Labute approximate surface area is 138 Å². The van der Waals surface area contributed by atoms with E-state index >= 15 is 0 Å². The molecule has 0 aliphatic heterocycles. The van der Waals surface area contributed by atoms with Crippen molar-refractivity contribution in [2.45, 2.75) is 13.5 Å². The molecule has 24 heavy (non-hydrogen) atoms. The molecule has 0 spiro atoms. The molecule has 0 aliphatic carbocycles. The number of rotatable bonds is 7. The Hall–Kier alpha value is -3.09. The summed E-state index contributed by atoms with van der Waals surface area (Å²) in [5.41, 5.74) is 0.496. The summed E-state index contributed by atoms with van der Waals surface area (Å²) in [5, 5.41) is 10.9. The SMILES string of the molecule is CCOc1ccccc1COC(=O)c1cc([N+](=O)[O-])ccc1OC. The molecule has 0 N–H and O–H groups in total. The van der Waals surface area contributed by atoms with Gasteiger partial charge in [-0.25, -0.2) is 4.79 Å². The third-order valence-electron chi connectivity index (χ3n) is 3.25. The van der Waals surface area contributed by atoms with Crippen molar-refractivity contribution in [2.75, 3.05) is 13.7 Å². The van der Waals surface area contributed by atoms with Gasteiger partial charge in [0.05, 0.1) is 18.6 Å². The molecule has 7 heteroatoms. The van der Waals surface area contributed by atoms with E-state index in [1.807, 2.05) is 13.0 Å². The summed E-state index contributed by atoms with van der Waals surface area (Å²) >= 11 is 0. The average molecular weight is 331 g/mol. The molecule has 0 aliphatic rings. The van der Waals surface area contributed by atoms with Gasteiger partial charge in [-0.2, -0.15) is 0 Å². The zero-order valence-corrected chi connectivity index (χ0v) is 13.4. The number of hydrogen-bond donors (Lipinski definition) is 0. The highest BCUT2D eigenvalue weighted by Crippen LogP contribution is 2.26. The Bertz CT molecular complexity index is 744. The molecule has 2 aromatic carbocycles. The molecule has 0 amide bonds. The minimum Gasteiger partial charge on any atom is -0.496 e. The maximum atomic E-state index is 12.3. The van der Waals surface area contributed by atoms with Crippen LogP contribution in [0.1, 0.15) is 22.8 Å². The smallest absolute Gasteiger partial charge is 0.342 e. The van der Waals surface area contributed by atoms with E-state index in [-0.39, 0.29) is 23.6 Å². The fourth-order valence-corrected chi connectivity index (χ4v) is 2.11. The van der Waals surface area contributed by atoms with Gasteiger partial charge in [0.2, 0.25) is 0 Å². The normalized spacial score (nSPS) is 10.1. The molecule has 0 unspecified atom stereocenters. The Balaban J connectivity index is 2.18. The lowest BCUT2D eigenvalue weighted by molar-refractivity contribution is -0.384. The van der Waals surface area contributed by atoms with Gasteiger partial charge in [0.25, 0.3) is 5.69 Å². The van der Waals surface area contributed by atoms with Crippen molar-refractivity contribution in [1.29, 1.82) is 0 Å². The van der Waals surface area contributed by atoms with Crippen LogP contribution < -0.4 is 9.47 Å². The van der Waals surface area contributed by atoms with E-state index in [0.29, 0.717) is 17.9 Å². The summed E-state index contributed by atoms with van der Waals surface area (Å²) < 4.78 is 15.8. The highest BCUT2D eigenvalue weighted by atomic mass is 16.6. The first kappa shape index (κ1) is 17.3. The van der Waals surface area contributed by atoms with E-state index in [1.54, 1.807) is 18.2 Å². The maximum Gasteiger partial charge on any atom is 0.342 e. The summed E-state index contributed by atoms with van der Waals surface area (Å²) in [6, 6.07) is 10.9. The lowest BCUT2D eigenvalue weighted by Crippen LogP contribution is -2.08. The molecule has 126 valence electrons. The van der Waals surface area contributed by atoms with Crippen LogP contribution >= 0.6 is 0 Å². The molecule has 7 nitrogen and oxygen atoms in total. The number of carbonyl (C=O) groups is 1. The van der Waals surface area contributed by atoms with Gasteiger partial charge in [0, 0.05) is 17.7 Å². The molecule has 0 radical (unpaired) electrons. The maximum absolute atomic E-state index is 12.3. The standard InChI is InChI=1S/C17H17NO6/c1-3-23-15-7-5-4-6-12(15)11-24-17(19)14-10-13(18(20)21)8-9-16(14)22-2/h4-10H,3,11H2,1-2H3. The van der Waals surface area contributed by atoms with E-state index in [1.165, 1.54) is 19.2 Å². The molecule has 0 bridgehead atoms. The van der Waals surface area contributed by atoms with Crippen molar-refractivity contribution in [3.8, 4) is 11.5 Å². The predicted octanol–water partition coefficient (Wildman–Crippen LogP) is 3.36. The summed E-state index contributed by atoms with van der Waals surface area (Å²) in [6.07, 6.45) is 0. The van der Waals surface area contributed by atoms with Crippen molar-refractivity contribution in [3.63, 3.8) is 0 Å². The zero-order chi connectivity index (χ0) is 17.5. The molecule has 0 saturated heterocycles. The van der Waals surface area contributed by atoms with Crippen molar-refractivity contribution in [2.24, 2.45) is 0 Å². The van der Waals surface area contributed by atoms with Gasteiger partial charge in [0.15, 0.2) is 0 Å². The fourth-order valence-electron chi connectivity index (χ4n) is 2.11. The molecular formula is C17H17NO6. The molecule has 0 saturated carbocycles. The number of non-ortho nitro benzene ring substituents is 1. The molecular weight excluding hydrogens is 314 g/mol. The van der Waals surface area contributed by atoms with E-state index in [9.17, 15) is 14.9 Å². The van der Waals surface area contributed by atoms with Gasteiger partial charge < -0.3 is 14.2 Å². The third-order valence-corrected chi connectivity index (χ3v) is 3.25. The number of nitro benzene ring substituents is 1. The largest absolute Gasteiger partial charge is 0.496 e. The summed E-state index contributed by atoms with van der Waals surface area (Å²) in [4.78, 5) is 22.6. The van der Waals surface area contributed by atoms with Crippen molar-refractivity contribution in [1.82, 2.24) is 0 Å². The highest BCUT2D eigenvalue weighted by molar-refractivity contribution is 5.93. The second-order valence-corrected chi connectivity index (χ2v) is 4.76. The minimum absolute atomic E-state index is 0.000547. The first-order chi connectivity index (χ1) is 11.6. The van der Waals surface area contributed by atoms with Crippen LogP contribution in [0.4, 0.5) is 5.69 Å². The Morgan fingerprint density at radius 1 is 1.17 bits per heavy atom. The fraction of sp³-hybridized carbons (Fsp3) is 0.235. The van der Waals surface area contributed by atoms with E-state index < -0.39 is 10.9 Å². The van der Waals surface area contributed by atoms with Crippen LogP contribution in [0.5, 0.6) is 11.5 Å². The van der Waals surface area contributed by atoms with Gasteiger partial charge in [-0.15, -0.1) is 0 Å². The van der Waals surface area contributed by atoms with Gasteiger partial charge >= 0.3 is 5.97 Å². The molecule has 0 atom stereocenters. The summed E-state index contributed by atoms with van der Waals surface area (Å²) in [5.74, 6) is 0.129. The van der Waals surface area contributed by atoms with Crippen molar-refractivity contribution in [3.05, 3.63) is 63.7 Å². The Morgan fingerprint density at radius 2 is 1.92 bits per heavy atom. The third kappa shape index (κ3) is 4.01. The van der Waals surface area contributed by atoms with Gasteiger partial charge in [0.1, 0.15) is 23.7 Å². The molecule has 0 fully saturated rings. The topological polar surface area (TPSA) is 87.9 Å². The minimum atomic E-state index is -0.707. The number of nitro groups is 1. The quantitative estimate of drug-likeness (QED) is 0.439. The van der Waals surface area contributed by atoms with Crippen molar-refractivity contribution < 1.29 is 23.9 Å². The van der Waals surface area contributed by atoms with E-state index in [0.717, 1.165) is 6.07 Å². The first-order valence-electron chi connectivity index (χ1n) is 7.27. The van der Waals surface area contributed by atoms with Gasteiger partial charge in [-0.3, -0.25) is 10.1 Å². The van der Waals surface area contributed by atoms with E-state index in [2.05, 4.69) is 0 Å². The molecule has 2 aromatic rings. The molecule has 0 heterocycles. The first-order valence-corrected chi connectivity index (χ1v) is 7.27. The van der Waals surface area contributed by atoms with Crippen LogP contribution in [-0.4, -0.2) is 24.6 Å². The lowest BCUT2D eigenvalue weighted by atomic mass is 10.1. The molecule has 2 rings (SSSR count). The monoisotopic (exact) mass is 331 g/mol. The molecule has 0 aromatic heterocycles. The number of nitrogens with zero attached hydrogens (tertiary/aromatic N) is 1. The predicted molar refractivity (Wildman–Crippen MR) is 86.4 cm³/mol. The van der Waals surface area contributed by atoms with Crippen LogP contribution in [0.3, 0.4) is 0 Å². The van der Waals surface area contributed by atoms with E-state index in [4.69, 9.17) is 14.2 Å². The van der Waals surface area contributed by atoms with Crippen molar-refractivity contribution >= 4 is 11.7 Å². The Kier molecular flexibility index (Phi) is 5.73. The highest BCUT2D eigenvalue weighted by Gasteiger charge is 2.19. The van der Waals surface area contributed by atoms with Crippen LogP contribution in [0.2, 0.25) is 0 Å². The number of benzene rings is 2. The second-order valence-electron chi connectivity index (χ2n) is 4.76. The Morgan fingerprint density at radius 3 is 2.58 bits per heavy atom. The van der Waals surface area contributed by atoms with Crippen LogP contribution in [0.25, 0.3) is 0 Å². The number of carbonyl (C=O) groups excluding carboxylic acids is 1. The number of methoxy groups -OCH3 is 1. The average Bonchev–Trinajstić information content (AvgIpc) is 2.60. The van der Waals surface area contributed by atoms with Gasteiger partial charge in [-0.1, -0.05) is 18.2 Å². The zero-order valence-electron chi connectivity index (χ0n) is 13.4. The van der Waals surface area contributed by atoms with Crippen LogP contribution in [0.15, 0.2) is 42.5 Å². The number of hydrogen-bond acceptors (Lipinski definition) is 6. The number of para-hydroxylation sites is 1. The summed E-state index contributed by atoms with van der Waals surface area (Å²) in [6.45, 7) is 2.33. The number of ether oxygens (including phenoxy) is 3.